The first kappa shape index (κ1) is 15.5. The Morgan fingerprint density at radius 1 is 1.14 bits per heavy atom. The summed E-state index contributed by atoms with van der Waals surface area (Å²) in [7, 11) is -3.55. The van der Waals surface area contributed by atoms with Crippen molar-refractivity contribution in [3.63, 3.8) is 0 Å². The standard InChI is InChI=1S/C16H20N2O2S2/c1-12-11-17-16(21-12)18-22(19,20)15-9-7-14(8-10-15)13-5-3-2-4-6-13/h7-11,13H,2-6H2,1H3,(H,17,18). The van der Waals surface area contributed by atoms with Gasteiger partial charge in [0, 0.05) is 11.1 Å². The SMILES string of the molecule is Cc1cnc(NS(=O)(=O)c2ccc(C3CCCCC3)cc2)s1. The van der Waals surface area contributed by atoms with Gasteiger partial charge < -0.3 is 0 Å². The molecule has 1 N–H and O–H groups in total. The van der Waals surface area contributed by atoms with Gasteiger partial charge in [-0.2, -0.15) is 0 Å². The molecule has 118 valence electrons. The van der Waals surface area contributed by atoms with Gasteiger partial charge >= 0.3 is 0 Å². The van der Waals surface area contributed by atoms with Crippen LogP contribution in [0.5, 0.6) is 0 Å². The van der Waals surface area contributed by atoms with E-state index in [1.807, 2.05) is 19.1 Å². The van der Waals surface area contributed by atoms with Crippen molar-refractivity contribution in [2.24, 2.45) is 0 Å². The second-order valence-electron chi connectivity index (χ2n) is 5.79. The van der Waals surface area contributed by atoms with E-state index in [9.17, 15) is 8.42 Å². The smallest absolute Gasteiger partial charge is 0.255 e. The highest BCUT2D eigenvalue weighted by molar-refractivity contribution is 7.93. The minimum absolute atomic E-state index is 0.292. The summed E-state index contributed by atoms with van der Waals surface area (Å²) in [4.78, 5) is 5.31. The molecule has 0 amide bonds. The molecule has 1 aliphatic rings. The minimum Gasteiger partial charge on any atom is -0.255 e. The molecule has 22 heavy (non-hydrogen) atoms. The molecule has 3 rings (SSSR count). The zero-order chi connectivity index (χ0) is 15.6. The fraction of sp³-hybridized carbons (Fsp3) is 0.438. The predicted molar refractivity (Wildman–Crippen MR) is 89.9 cm³/mol. The van der Waals surface area contributed by atoms with E-state index < -0.39 is 10.0 Å². The topological polar surface area (TPSA) is 59.1 Å². The molecule has 1 saturated carbocycles. The molecule has 0 radical (unpaired) electrons. The largest absolute Gasteiger partial charge is 0.263 e. The molecule has 0 unspecified atom stereocenters. The van der Waals surface area contributed by atoms with Gasteiger partial charge in [-0.15, -0.1) is 11.3 Å². The number of hydrogen-bond acceptors (Lipinski definition) is 4. The Labute approximate surface area is 135 Å². The third-order valence-corrected chi connectivity index (χ3v) is 6.42. The fourth-order valence-corrected chi connectivity index (χ4v) is 4.84. The number of benzene rings is 1. The molecular weight excluding hydrogens is 316 g/mol. The lowest BCUT2D eigenvalue weighted by molar-refractivity contribution is 0.443. The highest BCUT2D eigenvalue weighted by atomic mass is 32.2. The molecule has 1 heterocycles. The van der Waals surface area contributed by atoms with Gasteiger partial charge in [0.2, 0.25) is 0 Å². The Hall–Kier alpha value is -1.40. The third-order valence-electron chi connectivity index (χ3n) is 4.11. The summed E-state index contributed by atoms with van der Waals surface area (Å²) in [5, 5.41) is 0.411. The molecule has 6 heteroatoms. The van der Waals surface area contributed by atoms with Gasteiger partial charge in [-0.05, 0) is 43.4 Å². The fourth-order valence-electron chi connectivity index (χ4n) is 2.93. The quantitative estimate of drug-likeness (QED) is 0.905. The summed E-state index contributed by atoms with van der Waals surface area (Å²) in [6, 6.07) is 7.31. The summed E-state index contributed by atoms with van der Waals surface area (Å²) >= 11 is 1.33. The van der Waals surface area contributed by atoms with Crippen molar-refractivity contribution < 1.29 is 8.42 Å². The van der Waals surface area contributed by atoms with Crippen molar-refractivity contribution in [3.05, 3.63) is 40.9 Å². The van der Waals surface area contributed by atoms with Crippen molar-refractivity contribution in [2.45, 2.75) is 49.8 Å². The van der Waals surface area contributed by atoms with Gasteiger partial charge in [0.05, 0.1) is 4.90 Å². The molecule has 1 aromatic carbocycles. The number of nitrogens with zero attached hydrogens (tertiary/aromatic N) is 1. The number of thiazole rings is 1. The zero-order valence-corrected chi connectivity index (χ0v) is 14.2. The molecule has 2 aromatic rings. The van der Waals surface area contributed by atoms with Crippen LogP contribution in [-0.4, -0.2) is 13.4 Å². The van der Waals surface area contributed by atoms with Crippen LogP contribution >= 0.6 is 11.3 Å². The number of rotatable bonds is 4. The molecule has 1 aromatic heterocycles. The Morgan fingerprint density at radius 3 is 2.41 bits per heavy atom. The Balaban J connectivity index is 1.76. The number of sulfonamides is 1. The summed E-state index contributed by atoms with van der Waals surface area (Å²) in [6.07, 6.45) is 7.95. The Bertz CT molecular complexity index is 730. The minimum atomic E-state index is -3.55. The number of aryl methyl sites for hydroxylation is 1. The Kier molecular flexibility index (Phi) is 4.49. The maximum absolute atomic E-state index is 12.4. The first-order chi connectivity index (χ1) is 10.5. The van der Waals surface area contributed by atoms with Crippen molar-refractivity contribution in [2.75, 3.05) is 4.72 Å². The average molecular weight is 336 g/mol. The van der Waals surface area contributed by atoms with E-state index in [-0.39, 0.29) is 0 Å². The third kappa shape index (κ3) is 3.50. The maximum atomic E-state index is 12.4. The molecule has 4 nitrogen and oxygen atoms in total. The van der Waals surface area contributed by atoms with Crippen LogP contribution in [0.15, 0.2) is 35.4 Å². The van der Waals surface area contributed by atoms with Crippen LogP contribution < -0.4 is 4.72 Å². The summed E-state index contributed by atoms with van der Waals surface area (Å²) in [5.74, 6) is 0.583. The van der Waals surface area contributed by atoms with Crippen LogP contribution in [-0.2, 0) is 10.0 Å². The second-order valence-corrected chi connectivity index (χ2v) is 8.70. The monoisotopic (exact) mass is 336 g/mol. The van der Waals surface area contributed by atoms with E-state index in [4.69, 9.17) is 0 Å². The van der Waals surface area contributed by atoms with Crippen LogP contribution in [0.1, 0.15) is 48.5 Å². The molecular formula is C16H20N2O2S2. The number of hydrogen-bond donors (Lipinski definition) is 1. The summed E-state index contributed by atoms with van der Waals surface area (Å²) in [6.45, 7) is 1.90. The lowest BCUT2D eigenvalue weighted by Crippen LogP contribution is -2.13. The van der Waals surface area contributed by atoms with Gasteiger partial charge in [0.1, 0.15) is 0 Å². The second kappa shape index (κ2) is 6.38. The van der Waals surface area contributed by atoms with Gasteiger partial charge in [-0.3, -0.25) is 4.72 Å². The van der Waals surface area contributed by atoms with Crippen LogP contribution in [0.3, 0.4) is 0 Å². The molecule has 0 saturated heterocycles. The van der Waals surface area contributed by atoms with Crippen LogP contribution in [0, 0.1) is 6.92 Å². The normalized spacial score (nSPS) is 16.6. The van der Waals surface area contributed by atoms with E-state index >= 15 is 0 Å². The van der Waals surface area contributed by atoms with Gasteiger partial charge in [-0.1, -0.05) is 31.4 Å². The van der Waals surface area contributed by atoms with Crippen LogP contribution in [0.4, 0.5) is 5.13 Å². The molecule has 0 bridgehead atoms. The maximum Gasteiger partial charge on any atom is 0.263 e. The van der Waals surface area contributed by atoms with E-state index in [2.05, 4.69) is 9.71 Å². The van der Waals surface area contributed by atoms with Crippen LogP contribution in [0.2, 0.25) is 0 Å². The lowest BCUT2D eigenvalue weighted by Gasteiger charge is -2.22. The van der Waals surface area contributed by atoms with Gasteiger partial charge in [0.25, 0.3) is 10.0 Å². The van der Waals surface area contributed by atoms with E-state index in [0.29, 0.717) is 15.9 Å². The van der Waals surface area contributed by atoms with Crippen LogP contribution in [0.25, 0.3) is 0 Å². The van der Waals surface area contributed by atoms with E-state index in [0.717, 1.165) is 4.88 Å². The van der Waals surface area contributed by atoms with Crippen molar-refractivity contribution in [3.8, 4) is 0 Å². The van der Waals surface area contributed by atoms with Crippen molar-refractivity contribution >= 4 is 26.5 Å². The van der Waals surface area contributed by atoms with Crippen molar-refractivity contribution in [1.29, 1.82) is 0 Å². The summed E-state index contributed by atoms with van der Waals surface area (Å²) < 4.78 is 27.2. The number of nitrogens with one attached hydrogen (secondary N) is 1. The summed E-state index contributed by atoms with van der Waals surface area (Å²) in [5.41, 5.74) is 1.25. The highest BCUT2D eigenvalue weighted by Gasteiger charge is 2.19. The average Bonchev–Trinajstić information content (AvgIpc) is 2.93. The Morgan fingerprint density at radius 2 is 1.82 bits per heavy atom. The zero-order valence-electron chi connectivity index (χ0n) is 12.6. The lowest BCUT2D eigenvalue weighted by atomic mass is 9.84. The van der Waals surface area contributed by atoms with E-state index in [1.165, 1.54) is 49.0 Å². The number of anilines is 1. The first-order valence-corrected chi connectivity index (χ1v) is 9.90. The predicted octanol–water partition coefficient (Wildman–Crippen LogP) is 4.30. The first-order valence-electron chi connectivity index (χ1n) is 7.60. The molecule has 1 aliphatic carbocycles. The molecule has 1 fully saturated rings. The molecule has 0 aliphatic heterocycles. The highest BCUT2D eigenvalue weighted by Crippen LogP contribution is 2.33. The number of aromatic nitrogens is 1. The van der Waals surface area contributed by atoms with Gasteiger partial charge in [0.15, 0.2) is 5.13 Å². The van der Waals surface area contributed by atoms with Crippen molar-refractivity contribution in [1.82, 2.24) is 4.98 Å². The van der Waals surface area contributed by atoms with E-state index in [1.54, 1.807) is 18.3 Å². The molecule has 0 atom stereocenters. The molecule has 0 spiro atoms. The van der Waals surface area contributed by atoms with Gasteiger partial charge in [-0.25, -0.2) is 13.4 Å².